The zero-order valence-electron chi connectivity index (χ0n) is 12.8. The summed E-state index contributed by atoms with van der Waals surface area (Å²) < 4.78 is 15.7. The molecule has 0 heterocycles. The largest absolute Gasteiger partial charge is 0.151 e. The molecule has 94 valence electrons. The number of hydrogen-bond donors (Lipinski definition) is 0. The minimum Gasteiger partial charge on any atom is -0.151 e. The Labute approximate surface area is 112 Å². The zero-order valence-corrected chi connectivity index (χ0v) is 10.8. The van der Waals surface area contributed by atoms with E-state index in [1.165, 1.54) is 0 Å². The van der Waals surface area contributed by atoms with Gasteiger partial charge in [-0.3, -0.25) is 0 Å². The van der Waals surface area contributed by atoms with Crippen LogP contribution in [-0.4, -0.2) is 0 Å². The van der Waals surface area contributed by atoms with Crippen molar-refractivity contribution >= 4 is 5.69 Å². The molecule has 1 aromatic rings. The molecule has 0 fully saturated rings. The average Bonchev–Trinajstić information content (AvgIpc) is 2.46. The maximum atomic E-state index is 8.31. The van der Waals surface area contributed by atoms with Crippen molar-refractivity contribution in [2.45, 2.75) is 32.6 Å². The van der Waals surface area contributed by atoms with E-state index < -0.39 is 5.89 Å². The molecule has 18 heavy (non-hydrogen) atoms. The van der Waals surface area contributed by atoms with E-state index in [0.717, 1.165) is 30.6 Å². The maximum Gasteiger partial charge on any atom is 0.0857 e. The molecule has 1 aromatic carbocycles. The van der Waals surface area contributed by atoms with E-state index >= 15 is 0 Å². The Hall–Kier alpha value is -1.70. The molecule has 1 unspecified atom stereocenters. The molecule has 0 radical (unpaired) electrons. The van der Waals surface area contributed by atoms with E-state index in [-0.39, 0.29) is 0 Å². The van der Waals surface area contributed by atoms with Crippen molar-refractivity contribution in [2.24, 2.45) is 16.1 Å². The molecular weight excluding hydrogens is 220 g/mol. The highest BCUT2D eigenvalue weighted by Gasteiger charge is 2.07. The second-order valence-electron chi connectivity index (χ2n) is 4.39. The summed E-state index contributed by atoms with van der Waals surface area (Å²) in [4.78, 5) is 0. The Morgan fingerprint density at radius 3 is 2.89 bits per heavy atom. The molecule has 2 nitrogen and oxygen atoms in total. The van der Waals surface area contributed by atoms with E-state index in [4.69, 9.17) is 2.74 Å². The van der Waals surface area contributed by atoms with Crippen molar-refractivity contribution in [3.8, 4) is 0 Å². The summed E-state index contributed by atoms with van der Waals surface area (Å²) in [6.45, 7) is 2.15. The molecule has 0 aliphatic heterocycles. The van der Waals surface area contributed by atoms with Gasteiger partial charge in [0.25, 0.3) is 0 Å². The van der Waals surface area contributed by atoms with Crippen molar-refractivity contribution in [2.75, 3.05) is 0 Å². The molecule has 0 aromatic heterocycles. The first-order chi connectivity index (χ1) is 9.61. The quantitative estimate of drug-likeness (QED) is 0.616. The summed E-state index contributed by atoms with van der Waals surface area (Å²) in [5.74, 6) is -0.470. The van der Waals surface area contributed by atoms with Gasteiger partial charge < -0.3 is 0 Å². The molecule has 2 rings (SSSR count). The van der Waals surface area contributed by atoms with Crippen molar-refractivity contribution in [1.82, 2.24) is 0 Å². The number of nitrogens with zero attached hydrogens (tertiary/aromatic N) is 2. The SMILES string of the molecule is [2H]c1ccc(N=NC2=CCC([2H])(CCCC)C=C2)cc1. The monoisotopic (exact) mass is 242 g/mol. The lowest BCUT2D eigenvalue weighted by Gasteiger charge is -2.13. The van der Waals surface area contributed by atoms with Gasteiger partial charge in [-0.05, 0) is 36.9 Å². The molecular formula is C16H20N2. The maximum absolute atomic E-state index is 8.31. The number of allylic oxidation sites excluding steroid dienone is 3. The van der Waals surface area contributed by atoms with Crippen LogP contribution in [0.2, 0.25) is 0 Å². The Kier molecular flexibility index (Phi) is 3.92. The van der Waals surface area contributed by atoms with Gasteiger partial charge in [-0.1, -0.05) is 50.1 Å². The normalized spacial score (nSPS) is 24.8. The molecule has 0 spiro atoms. The van der Waals surface area contributed by atoms with Crippen LogP contribution in [0.4, 0.5) is 5.69 Å². The minimum atomic E-state index is -0.470. The second kappa shape index (κ2) is 6.90. The molecule has 1 aliphatic rings. The van der Waals surface area contributed by atoms with Crippen LogP contribution in [0.15, 0.2) is 64.5 Å². The number of unbranched alkanes of at least 4 members (excludes halogenated alkanes) is 1. The zero-order chi connectivity index (χ0) is 14.4. The van der Waals surface area contributed by atoms with Crippen LogP contribution in [-0.2, 0) is 0 Å². The fourth-order valence-electron chi connectivity index (χ4n) is 1.80. The van der Waals surface area contributed by atoms with E-state index in [9.17, 15) is 0 Å². The van der Waals surface area contributed by atoms with Gasteiger partial charge in [0.2, 0.25) is 0 Å². The lowest BCUT2D eigenvalue weighted by atomic mass is 9.94. The molecule has 0 N–H and O–H groups in total. The standard InChI is InChI=1S/C16H20N2/c1-2-3-7-14-10-12-16(13-11-14)18-17-15-8-5-4-6-9-15/h4-6,8-10,12-14H,2-3,7,11H2,1H3/i4D,14D. The highest BCUT2D eigenvalue weighted by molar-refractivity contribution is 5.35. The third kappa shape index (κ3) is 3.95. The van der Waals surface area contributed by atoms with Crippen molar-refractivity contribution < 1.29 is 2.74 Å². The van der Waals surface area contributed by atoms with Crippen molar-refractivity contribution in [3.63, 3.8) is 0 Å². The first-order valence-corrected chi connectivity index (χ1v) is 6.49. The molecule has 1 aliphatic carbocycles. The Morgan fingerprint density at radius 2 is 2.22 bits per heavy atom. The molecule has 1 atom stereocenters. The van der Waals surface area contributed by atoms with Crippen molar-refractivity contribution in [1.29, 1.82) is 0 Å². The highest BCUT2D eigenvalue weighted by atomic mass is 15.1. The minimum absolute atomic E-state index is 0.468. The fourth-order valence-corrected chi connectivity index (χ4v) is 1.80. The van der Waals surface area contributed by atoms with Gasteiger partial charge in [-0.2, -0.15) is 10.2 Å². The number of benzene rings is 1. The van der Waals surface area contributed by atoms with Gasteiger partial charge in [-0.15, -0.1) is 0 Å². The predicted molar refractivity (Wildman–Crippen MR) is 75.8 cm³/mol. The summed E-state index contributed by atoms with van der Waals surface area (Å²) in [5.41, 5.74) is 1.54. The fraction of sp³-hybridized carbons (Fsp3) is 0.375. The number of azo groups is 1. The first-order valence-electron chi connectivity index (χ1n) is 7.49. The Bertz CT molecular complexity index is 532. The molecule has 0 amide bonds. The second-order valence-corrected chi connectivity index (χ2v) is 4.39. The summed E-state index contributed by atoms with van der Waals surface area (Å²) in [7, 11) is 0. The first kappa shape index (κ1) is 10.2. The average molecular weight is 242 g/mol. The lowest BCUT2D eigenvalue weighted by Crippen LogP contribution is -1.98. The van der Waals surface area contributed by atoms with E-state index in [1.807, 2.05) is 18.2 Å². The number of rotatable bonds is 5. The Balaban J connectivity index is 1.96. The molecule has 0 saturated carbocycles. The van der Waals surface area contributed by atoms with Gasteiger partial charge in [0.05, 0.1) is 12.8 Å². The van der Waals surface area contributed by atoms with Crippen LogP contribution in [0.3, 0.4) is 0 Å². The predicted octanol–water partition coefficient (Wildman–Crippen LogP) is 5.42. The van der Waals surface area contributed by atoms with Gasteiger partial charge in [0, 0.05) is 1.37 Å². The van der Waals surface area contributed by atoms with Crippen molar-refractivity contribution in [3.05, 3.63) is 54.2 Å². The van der Waals surface area contributed by atoms with E-state index in [1.54, 1.807) is 24.3 Å². The lowest BCUT2D eigenvalue weighted by molar-refractivity contribution is 0.555. The topological polar surface area (TPSA) is 24.7 Å². The van der Waals surface area contributed by atoms with Crippen LogP contribution in [0, 0.1) is 5.89 Å². The Morgan fingerprint density at radius 1 is 1.39 bits per heavy atom. The highest BCUT2D eigenvalue weighted by Crippen LogP contribution is 2.23. The summed E-state index contributed by atoms with van der Waals surface area (Å²) in [5, 5.41) is 8.33. The summed E-state index contributed by atoms with van der Waals surface area (Å²) in [6.07, 6.45) is 9.59. The van der Waals surface area contributed by atoms with Crippen LogP contribution >= 0.6 is 0 Å². The molecule has 0 bridgehead atoms. The van der Waals surface area contributed by atoms with Gasteiger partial charge >= 0.3 is 0 Å². The molecule has 2 heteroatoms. The van der Waals surface area contributed by atoms with Crippen LogP contribution < -0.4 is 0 Å². The third-order valence-electron chi connectivity index (χ3n) is 2.90. The van der Waals surface area contributed by atoms with Gasteiger partial charge in [0.15, 0.2) is 0 Å². The smallest absolute Gasteiger partial charge is 0.0857 e. The summed E-state index contributed by atoms with van der Waals surface area (Å²) >= 11 is 0. The van der Waals surface area contributed by atoms with Crippen LogP contribution in [0.25, 0.3) is 0 Å². The molecule has 0 saturated heterocycles. The number of hydrogen-bond acceptors (Lipinski definition) is 2. The van der Waals surface area contributed by atoms with Crippen LogP contribution in [0.1, 0.15) is 35.3 Å². The van der Waals surface area contributed by atoms with Gasteiger partial charge in [0.1, 0.15) is 0 Å². The van der Waals surface area contributed by atoms with E-state index in [0.29, 0.717) is 12.5 Å². The van der Waals surface area contributed by atoms with Crippen LogP contribution in [0.5, 0.6) is 0 Å². The third-order valence-corrected chi connectivity index (χ3v) is 2.90. The van der Waals surface area contributed by atoms with Gasteiger partial charge in [-0.25, -0.2) is 0 Å². The summed E-state index contributed by atoms with van der Waals surface area (Å²) in [6, 6.07) is 7.40. The van der Waals surface area contributed by atoms with E-state index in [2.05, 4.69) is 17.2 Å².